The second-order valence-corrected chi connectivity index (χ2v) is 3.98. The maximum absolute atomic E-state index is 5.70. The Morgan fingerprint density at radius 3 is 2.45 bits per heavy atom. The van der Waals surface area contributed by atoms with Gasteiger partial charge in [-0.2, -0.15) is 0 Å². The molecule has 0 N–H and O–H groups in total. The first-order chi connectivity index (χ1) is 5.10. The zero-order chi connectivity index (χ0) is 8.48. The molecule has 0 saturated heterocycles. The summed E-state index contributed by atoms with van der Waals surface area (Å²) in [6.45, 7) is 6.23. The highest BCUT2D eigenvalue weighted by molar-refractivity contribution is 6.25. The van der Waals surface area contributed by atoms with Gasteiger partial charge in [0.25, 0.3) is 0 Å². The van der Waals surface area contributed by atoms with Gasteiger partial charge in [0.05, 0.1) is 5.60 Å². The van der Waals surface area contributed by atoms with E-state index in [-0.39, 0.29) is 5.60 Å². The molecule has 1 fully saturated rings. The van der Waals surface area contributed by atoms with E-state index in [4.69, 9.17) is 16.3 Å². The Labute approximate surface area is 74.1 Å². The van der Waals surface area contributed by atoms with Crippen molar-refractivity contribution in [2.24, 2.45) is 5.92 Å². The van der Waals surface area contributed by atoms with Crippen LogP contribution in [0, 0.1) is 11.5 Å². The first kappa shape index (κ1) is 9.34. The van der Waals surface area contributed by atoms with E-state index in [2.05, 4.69) is 13.8 Å². The van der Waals surface area contributed by atoms with E-state index in [1.807, 2.05) is 6.92 Å². The van der Waals surface area contributed by atoms with Crippen LogP contribution in [-0.2, 0) is 4.74 Å². The van der Waals surface area contributed by atoms with Gasteiger partial charge in [0.15, 0.2) is 5.56 Å². The molecule has 0 aromatic carbocycles. The molecule has 1 aliphatic rings. The second-order valence-electron chi connectivity index (χ2n) is 3.45. The van der Waals surface area contributed by atoms with E-state index >= 15 is 0 Å². The summed E-state index contributed by atoms with van der Waals surface area (Å²) in [5.41, 5.74) is 0.698. The molecule has 1 atom stereocenters. The first-order valence-electron chi connectivity index (χ1n) is 4.29. The zero-order valence-corrected chi connectivity index (χ0v) is 8.24. The quantitative estimate of drug-likeness (QED) is 0.637. The fourth-order valence-electron chi connectivity index (χ4n) is 1.47. The van der Waals surface area contributed by atoms with Crippen molar-refractivity contribution in [3.63, 3.8) is 0 Å². The Morgan fingerprint density at radius 1 is 1.64 bits per heavy atom. The Hall–Kier alpha value is 0.250. The third kappa shape index (κ3) is 2.09. The Bertz CT molecular complexity index is 130. The van der Waals surface area contributed by atoms with Gasteiger partial charge in [0.2, 0.25) is 0 Å². The molecular formula is C9H16ClO. The molecule has 1 aliphatic carbocycles. The van der Waals surface area contributed by atoms with Crippen LogP contribution in [-0.4, -0.2) is 5.60 Å². The smallest absolute Gasteiger partial charge is 0.182 e. The summed E-state index contributed by atoms with van der Waals surface area (Å²) >= 11 is 5.70. The lowest BCUT2D eigenvalue weighted by molar-refractivity contribution is 0.0277. The van der Waals surface area contributed by atoms with E-state index in [0.717, 1.165) is 0 Å². The molecular weight excluding hydrogens is 160 g/mol. The maximum atomic E-state index is 5.70. The van der Waals surface area contributed by atoms with Crippen LogP contribution in [0.25, 0.3) is 0 Å². The van der Waals surface area contributed by atoms with Crippen LogP contribution in [0.15, 0.2) is 0 Å². The fraction of sp³-hybridized carbons (Fsp3) is 0.889. The first-order valence-corrected chi connectivity index (χ1v) is 4.66. The molecule has 1 radical (unpaired) electrons. The lowest BCUT2D eigenvalue weighted by atomic mass is 10.00. The van der Waals surface area contributed by atoms with Crippen molar-refractivity contribution in [2.75, 3.05) is 0 Å². The average Bonchev–Trinajstić information content (AvgIpc) is 2.67. The van der Waals surface area contributed by atoms with Crippen LogP contribution < -0.4 is 0 Å². The monoisotopic (exact) mass is 175 g/mol. The molecule has 1 saturated carbocycles. The molecule has 11 heavy (non-hydrogen) atoms. The van der Waals surface area contributed by atoms with E-state index in [1.54, 1.807) is 0 Å². The Kier molecular flexibility index (Phi) is 2.82. The number of ether oxygens (including phenoxy) is 1. The summed E-state index contributed by atoms with van der Waals surface area (Å²) in [7, 11) is 0. The second kappa shape index (κ2) is 3.32. The van der Waals surface area contributed by atoms with Crippen molar-refractivity contribution in [1.82, 2.24) is 0 Å². The summed E-state index contributed by atoms with van der Waals surface area (Å²) in [5.74, 6) is 0.635. The highest BCUT2D eigenvalue weighted by atomic mass is 35.5. The van der Waals surface area contributed by atoms with Gasteiger partial charge in [0.1, 0.15) is 0 Å². The van der Waals surface area contributed by atoms with Gasteiger partial charge < -0.3 is 4.74 Å². The molecule has 0 aromatic rings. The Balaban J connectivity index is 2.40. The number of halogens is 1. The normalized spacial score (nSPS) is 23.7. The highest BCUT2D eigenvalue weighted by Crippen LogP contribution is 2.49. The predicted octanol–water partition coefficient (Wildman–Crippen LogP) is 3.33. The lowest BCUT2D eigenvalue weighted by Crippen LogP contribution is -2.23. The van der Waals surface area contributed by atoms with Crippen molar-refractivity contribution in [3.05, 3.63) is 5.56 Å². The standard InChI is InChI=1S/C9H16ClO/c1-4-7(2)9(5-6-9)11-8(3)10/h7H,4-6H2,1-3H3. The third-order valence-corrected chi connectivity index (χ3v) is 2.67. The summed E-state index contributed by atoms with van der Waals surface area (Å²) in [5, 5.41) is 0. The van der Waals surface area contributed by atoms with Gasteiger partial charge in [0, 0.05) is 0 Å². The van der Waals surface area contributed by atoms with Gasteiger partial charge in [-0.1, -0.05) is 31.9 Å². The highest BCUT2D eigenvalue weighted by Gasteiger charge is 2.48. The van der Waals surface area contributed by atoms with Gasteiger partial charge in [-0.3, -0.25) is 0 Å². The molecule has 0 aliphatic heterocycles. The van der Waals surface area contributed by atoms with Crippen LogP contribution in [0.3, 0.4) is 0 Å². The summed E-state index contributed by atoms with van der Waals surface area (Å²) < 4.78 is 5.58. The number of rotatable bonds is 4. The molecule has 0 amide bonds. The van der Waals surface area contributed by atoms with Gasteiger partial charge >= 0.3 is 0 Å². The van der Waals surface area contributed by atoms with Crippen LogP contribution in [0.5, 0.6) is 0 Å². The molecule has 2 heteroatoms. The zero-order valence-electron chi connectivity index (χ0n) is 7.48. The molecule has 0 aromatic heterocycles. The third-order valence-electron chi connectivity index (χ3n) is 2.60. The fourth-order valence-corrected chi connectivity index (χ4v) is 1.62. The van der Waals surface area contributed by atoms with Crippen LogP contribution in [0.4, 0.5) is 0 Å². The van der Waals surface area contributed by atoms with Crippen LogP contribution in [0.1, 0.15) is 40.0 Å². The molecule has 1 rings (SSSR count). The minimum atomic E-state index is 0.112. The van der Waals surface area contributed by atoms with Gasteiger partial charge in [-0.15, -0.1) is 0 Å². The molecule has 0 bridgehead atoms. The van der Waals surface area contributed by atoms with Gasteiger partial charge in [-0.05, 0) is 25.7 Å². The SMILES string of the molecule is CCC(C)C1(O[C](C)Cl)CC1. The van der Waals surface area contributed by atoms with Crippen LogP contribution >= 0.6 is 11.6 Å². The largest absolute Gasteiger partial charge is 0.349 e. The molecule has 1 nitrogen and oxygen atoms in total. The summed E-state index contributed by atoms with van der Waals surface area (Å²) in [4.78, 5) is 0. The minimum Gasteiger partial charge on any atom is -0.349 e. The molecule has 65 valence electrons. The average molecular weight is 176 g/mol. The molecule has 0 spiro atoms. The molecule has 0 heterocycles. The topological polar surface area (TPSA) is 9.23 Å². The van der Waals surface area contributed by atoms with Crippen molar-refractivity contribution < 1.29 is 4.74 Å². The van der Waals surface area contributed by atoms with E-state index in [9.17, 15) is 0 Å². The number of hydrogen-bond acceptors (Lipinski definition) is 1. The van der Waals surface area contributed by atoms with E-state index in [1.165, 1.54) is 19.3 Å². The Morgan fingerprint density at radius 2 is 2.18 bits per heavy atom. The predicted molar refractivity (Wildman–Crippen MR) is 47.3 cm³/mol. The van der Waals surface area contributed by atoms with Crippen molar-refractivity contribution in [2.45, 2.75) is 45.6 Å². The van der Waals surface area contributed by atoms with Crippen LogP contribution in [0.2, 0.25) is 0 Å². The lowest BCUT2D eigenvalue weighted by Gasteiger charge is -2.23. The van der Waals surface area contributed by atoms with Crippen molar-refractivity contribution >= 4 is 11.6 Å². The van der Waals surface area contributed by atoms with Crippen molar-refractivity contribution in [3.8, 4) is 0 Å². The number of hydrogen-bond donors (Lipinski definition) is 0. The summed E-state index contributed by atoms with van der Waals surface area (Å²) in [6, 6.07) is 0. The van der Waals surface area contributed by atoms with Gasteiger partial charge in [-0.25, -0.2) is 0 Å². The minimum absolute atomic E-state index is 0.112. The van der Waals surface area contributed by atoms with Crippen molar-refractivity contribution in [1.29, 1.82) is 0 Å². The van der Waals surface area contributed by atoms with E-state index in [0.29, 0.717) is 11.5 Å². The van der Waals surface area contributed by atoms with E-state index < -0.39 is 0 Å². The summed E-state index contributed by atoms with van der Waals surface area (Å²) in [6.07, 6.45) is 3.52. The molecule has 1 unspecified atom stereocenters. The maximum Gasteiger partial charge on any atom is 0.182 e.